The maximum atomic E-state index is 11.6. The van der Waals surface area contributed by atoms with Gasteiger partial charge < -0.3 is 5.32 Å². The molecule has 2 aromatic rings. The van der Waals surface area contributed by atoms with Gasteiger partial charge in [0.25, 0.3) is 0 Å². The minimum atomic E-state index is -0.240. The summed E-state index contributed by atoms with van der Waals surface area (Å²) in [5.41, 5.74) is 0.373. The molecule has 0 bridgehead atoms. The Morgan fingerprint density at radius 3 is 3.05 bits per heavy atom. The Morgan fingerprint density at radius 2 is 2.25 bits per heavy atom. The van der Waals surface area contributed by atoms with Gasteiger partial charge in [0.2, 0.25) is 0 Å². The van der Waals surface area contributed by atoms with Crippen molar-refractivity contribution in [2.24, 2.45) is 0 Å². The van der Waals surface area contributed by atoms with Crippen molar-refractivity contribution in [3.8, 4) is 0 Å². The van der Waals surface area contributed by atoms with E-state index in [1.54, 1.807) is 0 Å². The van der Waals surface area contributed by atoms with E-state index >= 15 is 0 Å². The molecule has 1 saturated carbocycles. The molecule has 7 heteroatoms. The number of H-pyrrole nitrogens is 1. The number of anilines is 1. The topological polar surface area (TPSA) is 75.1 Å². The Balaban J connectivity index is 1.88. The quantitative estimate of drug-likeness (QED) is 0.902. The SMILES string of the molecule is CSC1CCCCC1Nc1cc2n[nH]c(=O)n2c(C)n1. The maximum absolute atomic E-state index is 11.6. The van der Waals surface area contributed by atoms with Crippen LogP contribution >= 0.6 is 11.8 Å². The first-order valence-corrected chi connectivity index (χ1v) is 8.22. The number of rotatable bonds is 3. The van der Waals surface area contributed by atoms with Crippen LogP contribution in [0.5, 0.6) is 0 Å². The summed E-state index contributed by atoms with van der Waals surface area (Å²) in [6.07, 6.45) is 7.16. The summed E-state index contributed by atoms with van der Waals surface area (Å²) in [5, 5.41) is 10.6. The van der Waals surface area contributed by atoms with Crippen LogP contribution in [0.15, 0.2) is 10.9 Å². The van der Waals surface area contributed by atoms with Crippen LogP contribution in [0.2, 0.25) is 0 Å². The molecule has 2 atom stereocenters. The lowest BCUT2D eigenvalue weighted by atomic mass is 9.95. The highest BCUT2D eigenvalue weighted by atomic mass is 32.2. The molecule has 0 spiro atoms. The van der Waals surface area contributed by atoms with Crippen molar-refractivity contribution in [3.05, 3.63) is 22.4 Å². The largest absolute Gasteiger partial charge is 0.366 e. The molecule has 2 heterocycles. The van der Waals surface area contributed by atoms with E-state index in [1.165, 1.54) is 30.1 Å². The van der Waals surface area contributed by atoms with Crippen molar-refractivity contribution in [2.75, 3.05) is 11.6 Å². The molecule has 6 nitrogen and oxygen atoms in total. The van der Waals surface area contributed by atoms with Crippen molar-refractivity contribution < 1.29 is 0 Å². The number of hydrogen-bond acceptors (Lipinski definition) is 5. The molecule has 1 aliphatic carbocycles. The number of nitrogens with zero attached hydrogens (tertiary/aromatic N) is 3. The van der Waals surface area contributed by atoms with Gasteiger partial charge in [-0.2, -0.15) is 16.9 Å². The van der Waals surface area contributed by atoms with E-state index in [0.29, 0.717) is 22.8 Å². The third kappa shape index (κ3) is 2.42. The summed E-state index contributed by atoms with van der Waals surface area (Å²) in [7, 11) is 0. The van der Waals surface area contributed by atoms with Crippen LogP contribution in [0.3, 0.4) is 0 Å². The third-order valence-electron chi connectivity index (χ3n) is 3.91. The first-order chi connectivity index (χ1) is 9.69. The molecule has 2 unspecified atom stereocenters. The molecule has 0 aliphatic heterocycles. The van der Waals surface area contributed by atoms with Crippen LogP contribution in [0.4, 0.5) is 5.82 Å². The highest BCUT2D eigenvalue weighted by Gasteiger charge is 2.24. The fourth-order valence-corrected chi connectivity index (χ4v) is 3.84. The highest BCUT2D eigenvalue weighted by molar-refractivity contribution is 7.99. The Morgan fingerprint density at radius 1 is 1.45 bits per heavy atom. The van der Waals surface area contributed by atoms with Gasteiger partial charge in [0.15, 0.2) is 5.65 Å². The minimum Gasteiger partial charge on any atom is -0.366 e. The average Bonchev–Trinajstić information content (AvgIpc) is 2.81. The molecular weight excluding hydrogens is 274 g/mol. The molecule has 0 aromatic carbocycles. The number of hydrogen-bond donors (Lipinski definition) is 2. The maximum Gasteiger partial charge on any atom is 0.349 e. The summed E-state index contributed by atoms with van der Waals surface area (Å²) >= 11 is 1.92. The van der Waals surface area contributed by atoms with E-state index in [-0.39, 0.29) is 5.69 Å². The van der Waals surface area contributed by atoms with Crippen molar-refractivity contribution in [2.45, 2.75) is 43.9 Å². The second kappa shape index (κ2) is 5.47. The van der Waals surface area contributed by atoms with Gasteiger partial charge in [-0.3, -0.25) is 0 Å². The summed E-state index contributed by atoms with van der Waals surface area (Å²) < 4.78 is 1.48. The lowest BCUT2D eigenvalue weighted by Crippen LogP contribution is -2.34. The van der Waals surface area contributed by atoms with E-state index in [4.69, 9.17) is 0 Å². The third-order valence-corrected chi connectivity index (χ3v) is 5.08. The van der Waals surface area contributed by atoms with Crippen molar-refractivity contribution in [3.63, 3.8) is 0 Å². The zero-order valence-corrected chi connectivity index (χ0v) is 12.5. The summed E-state index contributed by atoms with van der Waals surface area (Å²) in [6, 6.07) is 2.27. The fraction of sp³-hybridized carbons (Fsp3) is 0.615. The second-order valence-corrected chi connectivity index (χ2v) is 6.30. The first kappa shape index (κ1) is 13.5. The number of aryl methyl sites for hydroxylation is 1. The zero-order chi connectivity index (χ0) is 14.1. The van der Waals surface area contributed by atoms with E-state index < -0.39 is 0 Å². The molecule has 1 fully saturated rings. The van der Waals surface area contributed by atoms with Crippen molar-refractivity contribution >= 4 is 23.2 Å². The van der Waals surface area contributed by atoms with Gasteiger partial charge in [0, 0.05) is 17.4 Å². The smallest absolute Gasteiger partial charge is 0.349 e. The number of aromatic amines is 1. The average molecular weight is 293 g/mol. The molecular formula is C13H19N5OS. The standard InChI is InChI=1S/C13H19N5OS/c1-8-14-11(7-12-16-17-13(19)18(8)12)15-9-5-3-4-6-10(9)20-2/h7,9-10,15H,3-6H2,1-2H3,(H,17,19). The van der Waals surface area contributed by atoms with Crippen LogP contribution in [-0.2, 0) is 0 Å². The van der Waals surface area contributed by atoms with Crippen LogP contribution in [0, 0.1) is 6.92 Å². The van der Waals surface area contributed by atoms with Gasteiger partial charge in [0.1, 0.15) is 11.6 Å². The molecule has 108 valence electrons. The van der Waals surface area contributed by atoms with Crippen LogP contribution in [0.25, 0.3) is 5.65 Å². The van der Waals surface area contributed by atoms with Crippen molar-refractivity contribution in [1.82, 2.24) is 19.6 Å². The van der Waals surface area contributed by atoms with Gasteiger partial charge in [-0.15, -0.1) is 0 Å². The molecule has 0 radical (unpaired) electrons. The lowest BCUT2D eigenvalue weighted by molar-refractivity contribution is 0.474. The second-order valence-electron chi connectivity index (χ2n) is 5.22. The highest BCUT2D eigenvalue weighted by Crippen LogP contribution is 2.29. The van der Waals surface area contributed by atoms with E-state index in [1.807, 2.05) is 24.8 Å². The van der Waals surface area contributed by atoms with E-state index in [9.17, 15) is 4.79 Å². The Labute approximate surface area is 121 Å². The van der Waals surface area contributed by atoms with Gasteiger partial charge in [-0.1, -0.05) is 12.8 Å². The molecule has 2 aromatic heterocycles. The molecule has 0 amide bonds. The van der Waals surface area contributed by atoms with Gasteiger partial charge in [-0.05, 0) is 26.0 Å². The summed E-state index contributed by atoms with van der Waals surface area (Å²) in [4.78, 5) is 16.1. The molecule has 0 saturated heterocycles. The fourth-order valence-electron chi connectivity index (χ4n) is 2.91. The Kier molecular flexibility index (Phi) is 3.69. The summed E-state index contributed by atoms with van der Waals surface area (Å²) in [6.45, 7) is 1.82. The number of nitrogens with one attached hydrogen (secondary N) is 2. The number of thioether (sulfide) groups is 1. The van der Waals surface area contributed by atoms with E-state index in [2.05, 4.69) is 26.8 Å². The van der Waals surface area contributed by atoms with Crippen molar-refractivity contribution in [1.29, 1.82) is 0 Å². The van der Waals surface area contributed by atoms with Crippen LogP contribution < -0.4 is 11.0 Å². The zero-order valence-electron chi connectivity index (χ0n) is 11.7. The predicted octanol–water partition coefficient (Wildman–Crippen LogP) is 1.81. The van der Waals surface area contributed by atoms with E-state index in [0.717, 1.165) is 5.82 Å². The molecule has 3 rings (SSSR count). The van der Waals surface area contributed by atoms with Gasteiger partial charge in [-0.25, -0.2) is 19.3 Å². The van der Waals surface area contributed by atoms with Crippen LogP contribution in [-0.4, -0.2) is 37.1 Å². The minimum absolute atomic E-state index is 0.240. The normalized spacial score (nSPS) is 23.1. The lowest BCUT2D eigenvalue weighted by Gasteiger charge is -2.31. The number of aromatic nitrogens is 4. The van der Waals surface area contributed by atoms with Gasteiger partial charge in [0.05, 0.1) is 0 Å². The van der Waals surface area contributed by atoms with Gasteiger partial charge >= 0.3 is 5.69 Å². The molecule has 1 aliphatic rings. The van der Waals surface area contributed by atoms with Crippen LogP contribution in [0.1, 0.15) is 31.5 Å². The monoisotopic (exact) mass is 293 g/mol. The molecule has 2 N–H and O–H groups in total. The number of fused-ring (bicyclic) bond motifs is 1. The summed E-state index contributed by atoms with van der Waals surface area (Å²) in [5.74, 6) is 1.46. The first-order valence-electron chi connectivity index (χ1n) is 6.93. The molecule has 20 heavy (non-hydrogen) atoms. The Bertz CT molecular complexity index is 664. The Hall–Kier alpha value is -1.50. The predicted molar refractivity (Wildman–Crippen MR) is 81.5 cm³/mol.